The van der Waals surface area contributed by atoms with E-state index in [0.717, 1.165) is 26.1 Å². The molecule has 0 aliphatic carbocycles. The zero-order chi connectivity index (χ0) is 11.9. The maximum atomic E-state index is 5.84. The Hall–Kier alpha value is -0.860. The van der Waals surface area contributed by atoms with Crippen molar-refractivity contribution in [1.82, 2.24) is 0 Å². The van der Waals surface area contributed by atoms with Crippen molar-refractivity contribution in [1.29, 1.82) is 0 Å². The van der Waals surface area contributed by atoms with Gasteiger partial charge in [-0.15, -0.1) is 0 Å². The van der Waals surface area contributed by atoms with E-state index in [1.54, 1.807) is 0 Å². The fraction of sp³-hybridized carbons (Fsp3) is 0.600. The molecule has 3 aliphatic heterocycles. The molecule has 0 saturated carbocycles. The first kappa shape index (κ1) is 11.2. The van der Waals surface area contributed by atoms with E-state index in [-0.39, 0.29) is 11.2 Å². The summed E-state index contributed by atoms with van der Waals surface area (Å²) in [4.78, 5) is 0. The van der Waals surface area contributed by atoms with Gasteiger partial charge in [-0.3, -0.25) is 0 Å². The summed E-state index contributed by atoms with van der Waals surface area (Å²) in [5, 5.41) is 0. The normalized spacial score (nSPS) is 36.1. The highest BCUT2D eigenvalue weighted by Crippen LogP contribution is 2.45. The Labute approximate surface area is 103 Å². The van der Waals surface area contributed by atoms with Crippen molar-refractivity contribution in [3.05, 3.63) is 35.4 Å². The van der Waals surface area contributed by atoms with Crippen LogP contribution in [0.3, 0.4) is 0 Å². The highest BCUT2D eigenvalue weighted by atomic mass is 16.7. The maximum Gasteiger partial charge on any atom is 0.165 e. The third-order valence-electron chi connectivity index (χ3n) is 4.18. The molecular weight excluding hydrogens is 212 g/mol. The molecule has 0 spiro atoms. The summed E-state index contributed by atoms with van der Waals surface area (Å²) in [5.41, 5.74) is 2.93. The van der Waals surface area contributed by atoms with Crippen molar-refractivity contribution < 1.29 is 9.47 Å². The van der Waals surface area contributed by atoms with Crippen LogP contribution in [0.25, 0.3) is 0 Å². The fourth-order valence-electron chi connectivity index (χ4n) is 2.81. The summed E-state index contributed by atoms with van der Waals surface area (Å²) < 4.78 is 11.7. The number of rotatable bonds is 2. The monoisotopic (exact) mass is 232 g/mol. The third kappa shape index (κ3) is 2.12. The van der Waals surface area contributed by atoms with Crippen LogP contribution in [0.2, 0.25) is 0 Å². The Morgan fingerprint density at radius 3 is 2.24 bits per heavy atom. The Bertz CT molecular complexity index is 383. The molecule has 17 heavy (non-hydrogen) atoms. The van der Waals surface area contributed by atoms with Gasteiger partial charge >= 0.3 is 0 Å². The zero-order valence-electron chi connectivity index (χ0n) is 10.7. The van der Waals surface area contributed by atoms with Crippen molar-refractivity contribution >= 4 is 0 Å². The third-order valence-corrected chi connectivity index (χ3v) is 4.18. The highest BCUT2D eigenvalue weighted by molar-refractivity contribution is 5.23. The minimum absolute atomic E-state index is 0.215. The topological polar surface area (TPSA) is 18.5 Å². The van der Waals surface area contributed by atoms with E-state index in [2.05, 4.69) is 38.1 Å². The minimum atomic E-state index is -0.297. The molecule has 1 aromatic rings. The van der Waals surface area contributed by atoms with Crippen molar-refractivity contribution in [3.63, 3.8) is 0 Å². The van der Waals surface area contributed by atoms with E-state index >= 15 is 0 Å². The number of ether oxygens (including phenoxy) is 2. The first-order valence-electron chi connectivity index (χ1n) is 6.43. The summed E-state index contributed by atoms with van der Waals surface area (Å²) in [6, 6.07) is 8.83. The van der Waals surface area contributed by atoms with Crippen LogP contribution in [0, 0.1) is 12.3 Å². The first-order valence-corrected chi connectivity index (χ1v) is 6.43. The van der Waals surface area contributed by atoms with Crippen molar-refractivity contribution in [2.24, 2.45) is 5.41 Å². The molecule has 3 fully saturated rings. The van der Waals surface area contributed by atoms with Gasteiger partial charge in [-0.1, -0.05) is 29.8 Å². The number of fused-ring (bicyclic) bond motifs is 3. The van der Waals surface area contributed by atoms with Gasteiger partial charge in [0.2, 0.25) is 0 Å². The summed E-state index contributed by atoms with van der Waals surface area (Å²) in [6.07, 6.45) is 3.32. The average molecular weight is 232 g/mol. The van der Waals surface area contributed by atoms with Crippen LogP contribution in [-0.4, -0.2) is 19.0 Å². The van der Waals surface area contributed by atoms with Gasteiger partial charge < -0.3 is 9.47 Å². The molecule has 4 rings (SSSR count). The Kier molecular flexibility index (Phi) is 2.53. The lowest BCUT2D eigenvalue weighted by atomic mass is 9.74. The van der Waals surface area contributed by atoms with Crippen LogP contribution < -0.4 is 0 Å². The second kappa shape index (κ2) is 3.82. The maximum absolute atomic E-state index is 5.84. The largest absolute Gasteiger partial charge is 0.350 e. The van der Waals surface area contributed by atoms with Crippen LogP contribution in [0.1, 0.15) is 30.9 Å². The average Bonchev–Trinajstić information content (AvgIpc) is 2.35. The van der Waals surface area contributed by atoms with Gasteiger partial charge in [0.25, 0.3) is 0 Å². The van der Waals surface area contributed by atoms with Gasteiger partial charge in [-0.05, 0) is 32.3 Å². The second-order valence-corrected chi connectivity index (χ2v) is 5.87. The Morgan fingerprint density at radius 2 is 1.71 bits per heavy atom. The number of hydrogen-bond acceptors (Lipinski definition) is 2. The van der Waals surface area contributed by atoms with Crippen LogP contribution >= 0.6 is 0 Å². The molecule has 0 aromatic heterocycles. The van der Waals surface area contributed by atoms with Crippen molar-refractivity contribution in [3.8, 4) is 0 Å². The predicted molar refractivity (Wildman–Crippen MR) is 66.9 cm³/mol. The van der Waals surface area contributed by atoms with Crippen LogP contribution in [0.4, 0.5) is 0 Å². The molecular formula is C15H20O2. The molecule has 3 heterocycles. The summed E-state index contributed by atoms with van der Waals surface area (Å²) in [5.74, 6) is -0.297. The summed E-state index contributed by atoms with van der Waals surface area (Å²) in [7, 11) is 0. The lowest BCUT2D eigenvalue weighted by Gasteiger charge is -2.51. The molecule has 0 unspecified atom stereocenters. The lowest BCUT2D eigenvalue weighted by molar-refractivity contribution is -0.331. The SMILES string of the molecule is Cc1ccc(CC23CCC(C)(OC2)OC3)cc1. The van der Waals surface area contributed by atoms with Crippen molar-refractivity contribution in [2.45, 2.75) is 38.9 Å². The fourth-order valence-corrected chi connectivity index (χ4v) is 2.81. The molecule has 1 aromatic carbocycles. The van der Waals surface area contributed by atoms with E-state index in [9.17, 15) is 0 Å². The first-order chi connectivity index (χ1) is 8.09. The van der Waals surface area contributed by atoms with Crippen LogP contribution in [0.15, 0.2) is 24.3 Å². The molecule has 3 saturated heterocycles. The quantitative estimate of drug-likeness (QED) is 0.780. The van der Waals surface area contributed by atoms with Crippen LogP contribution in [-0.2, 0) is 15.9 Å². The van der Waals surface area contributed by atoms with Crippen molar-refractivity contribution in [2.75, 3.05) is 13.2 Å². The van der Waals surface area contributed by atoms with E-state index in [4.69, 9.17) is 9.47 Å². The molecule has 3 aliphatic rings. The van der Waals surface area contributed by atoms with Gasteiger partial charge in [-0.2, -0.15) is 0 Å². The molecule has 0 radical (unpaired) electrons. The van der Waals surface area contributed by atoms with E-state index in [0.29, 0.717) is 0 Å². The molecule has 0 amide bonds. The van der Waals surface area contributed by atoms with Gasteiger partial charge in [0.1, 0.15) is 0 Å². The molecule has 2 heteroatoms. The number of hydrogen-bond donors (Lipinski definition) is 0. The molecule has 2 bridgehead atoms. The van der Waals surface area contributed by atoms with Gasteiger partial charge in [0, 0.05) is 11.8 Å². The molecule has 2 nitrogen and oxygen atoms in total. The Morgan fingerprint density at radius 1 is 1.06 bits per heavy atom. The second-order valence-electron chi connectivity index (χ2n) is 5.87. The smallest absolute Gasteiger partial charge is 0.165 e. The summed E-state index contributed by atoms with van der Waals surface area (Å²) in [6.45, 7) is 5.87. The molecule has 92 valence electrons. The molecule has 0 atom stereocenters. The highest BCUT2D eigenvalue weighted by Gasteiger charge is 2.48. The molecule has 0 N–H and O–H groups in total. The van der Waals surface area contributed by atoms with E-state index < -0.39 is 0 Å². The number of benzene rings is 1. The van der Waals surface area contributed by atoms with Gasteiger partial charge in [0.05, 0.1) is 13.2 Å². The van der Waals surface area contributed by atoms with E-state index in [1.807, 2.05) is 0 Å². The predicted octanol–water partition coefficient (Wildman–Crippen LogP) is 3.08. The standard InChI is InChI=1S/C15H20O2/c1-12-3-5-13(6-4-12)9-15-8-7-14(2,16-10-15)17-11-15/h3-6H,7-11H2,1-2H3. The number of aryl methyl sites for hydroxylation is 1. The zero-order valence-corrected chi connectivity index (χ0v) is 10.7. The van der Waals surface area contributed by atoms with Gasteiger partial charge in [-0.25, -0.2) is 0 Å². The Balaban J connectivity index is 1.75. The van der Waals surface area contributed by atoms with E-state index in [1.165, 1.54) is 17.5 Å². The minimum Gasteiger partial charge on any atom is -0.350 e. The summed E-state index contributed by atoms with van der Waals surface area (Å²) >= 11 is 0. The van der Waals surface area contributed by atoms with Crippen LogP contribution in [0.5, 0.6) is 0 Å². The lowest BCUT2D eigenvalue weighted by Crippen LogP contribution is -2.54. The van der Waals surface area contributed by atoms with Gasteiger partial charge in [0.15, 0.2) is 5.79 Å².